The van der Waals surface area contributed by atoms with Crippen LogP contribution in [-0.2, 0) is 17.9 Å². The topological polar surface area (TPSA) is 52.9 Å². The molecule has 1 aliphatic rings. The van der Waals surface area contributed by atoms with Crippen LogP contribution in [0.1, 0.15) is 16.8 Å². The van der Waals surface area contributed by atoms with Crippen molar-refractivity contribution in [3.8, 4) is 0 Å². The van der Waals surface area contributed by atoms with Gasteiger partial charge in [0.15, 0.2) is 0 Å². The number of fused-ring (bicyclic) bond motifs is 1. The van der Waals surface area contributed by atoms with E-state index in [4.69, 9.17) is 0 Å². The van der Waals surface area contributed by atoms with Crippen molar-refractivity contribution in [2.75, 3.05) is 32.7 Å². The van der Waals surface area contributed by atoms with Gasteiger partial charge in [-0.1, -0.05) is 30.3 Å². The minimum absolute atomic E-state index is 0.0945. The van der Waals surface area contributed by atoms with Crippen molar-refractivity contribution in [2.45, 2.75) is 20.0 Å². The van der Waals surface area contributed by atoms with Crippen LogP contribution in [0.3, 0.4) is 0 Å². The number of hydrogen-bond acceptors (Lipinski definition) is 4. The third-order valence-electron chi connectivity index (χ3n) is 5.37. The summed E-state index contributed by atoms with van der Waals surface area (Å²) in [5, 5.41) is 3.05. The number of imidazole rings is 1. The molecule has 1 saturated heterocycles. The molecule has 2 aromatic heterocycles. The third-order valence-corrected chi connectivity index (χ3v) is 5.37. The zero-order valence-electron chi connectivity index (χ0n) is 16.3. The van der Waals surface area contributed by atoms with Crippen molar-refractivity contribution in [1.82, 2.24) is 24.5 Å². The minimum atomic E-state index is 0.0945. The summed E-state index contributed by atoms with van der Waals surface area (Å²) in [6.07, 6.45) is 4.13. The molecule has 1 aromatic carbocycles. The largest absolute Gasteiger partial charge is 0.351 e. The fourth-order valence-electron chi connectivity index (χ4n) is 3.66. The van der Waals surface area contributed by atoms with Crippen LogP contribution in [0.4, 0.5) is 0 Å². The quantitative estimate of drug-likeness (QED) is 0.715. The lowest BCUT2D eigenvalue weighted by atomic mass is 10.1. The van der Waals surface area contributed by atoms with E-state index in [0.29, 0.717) is 13.1 Å². The van der Waals surface area contributed by atoms with Crippen molar-refractivity contribution < 1.29 is 4.79 Å². The van der Waals surface area contributed by atoms with E-state index >= 15 is 0 Å². The molecule has 1 amide bonds. The van der Waals surface area contributed by atoms with E-state index in [9.17, 15) is 4.79 Å². The maximum absolute atomic E-state index is 12.3. The highest BCUT2D eigenvalue weighted by atomic mass is 16.2. The van der Waals surface area contributed by atoms with E-state index in [2.05, 4.69) is 49.8 Å². The van der Waals surface area contributed by atoms with Crippen molar-refractivity contribution >= 4 is 11.6 Å². The molecule has 0 aliphatic carbocycles. The summed E-state index contributed by atoms with van der Waals surface area (Å²) in [4.78, 5) is 21.6. The second-order valence-electron chi connectivity index (χ2n) is 7.45. The van der Waals surface area contributed by atoms with Crippen LogP contribution in [0.2, 0.25) is 0 Å². The lowest BCUT2D eigenvalue weighted by Crippen LogP contribution is -2.49. The number of carbonyl (C=O) groups is 1. The Labute approximate surface area is 165 Å². The summed E-state index contributed by atoms with van der Waals surface area (Å²) in [6.45, 7) is 7.72. The summed E-state index contributed by atoms with van der Waals surface area (Å²) in [7, 11) is 0. The Morgan fingerprint density at radius 1 is 1.04 bits per heavy atom. The summed E-state index contributed by atoms with van der Waals surface area (Å²) in [5.74, 6) is 0.0945. The molecule has 0 saturated carbocycles. The predicted octanol–water partition coefficient (Wildman–Crippen LogP) is 2.08. The molecule has 0 spiro atoms. The molecule has 0 atom stereocenters. The first kappa shape index (κ1) is 18.7. The average molecular weight is 377 g/mol. The number of aryl methyl sites for hydroxylation is 1. The van der Waals surface area contributed by atoms with Gasteiger partial charge in [0.2, 0.25) is 5.91 Å². The summed E-state index contributed by atoms with van der Waals surface area (Å²) in [6, 6.07) is 14.2. The Hall–Kier alpha value is -2.70. The first-order chi connectivity index (χ1) is 13.7. The molecule has 146 valence electrons. The van der Waals surface area contributed by atoms with Gasteiger partial charge in [-0.05, 0) is 30.2 Å². The first-order valence-electron chi connectivity index (χ1n) is 9.86. The maximum atomic E-state index is 12.3. The van der Waals surface area contributed by atoms with Gasteiger partial charge in [0, 0.05) is 51.7 Å². The molecule has 6 nitrogen and oxygen atoms in total. The number of amides is 1. The Morgan fingerprint density at radius 2 is 1.79 bits per heavy atom. The van der Waals surface area contributed by atoms with E-state index in [1.807, 2.05) is 36.5 Å². The minimum Gasteiger partial charge on any atom is -0.351 e. The van der Waals surface area contributed by atoms with Gasteiger partial charge in [-0.25, -0.2) is 4.98 Å². The Kier molecular flexibility index (Phi) is 5.69. The van der Waals surface area contributed by atoms with Gasteiger partial charge < -0.3 is 9.72 Å². The fraction of sp³-hybridized carbons (Fsp3) is 0.364. The summed E-state index contributed by atoms with van der Waals surface area (Å²) in [5.41, 5.74) is 4.47. The Balaban J connectivity index is 1.21. The lowest BCUT2D eigenvalue weighted by Gasteiger charge is -2.33. The van der Waals surface area contributed by atoms with Crippen LogP contribution < -0.4 is 5.32 Å². The van der Waals surface area contributed by atoms with Gasteiger partial charge in [0.05, 0.1) is 12.2 Å². The number of pyridine rings is 1. The molecular formula is C22H27N5O. The zero-order valence-corrected chi connectivity index (χ0v) is 16.3. The third kappa shape index (κ3) is 4.58. The second-order valence-corrected chi connectivity index (χ2v) is 7.45. The van der Waals surface area contributed by atoms with E-state index in [1.165, 1.54) is 11.1 Å². The van der Waals surface area contributed by atoms with Crippen LogP contribution in [0.5, 0.6) is 0 Å². The van der Waals surface area contributed by atoms with Gasteiger partial charge in [0.1, 0.15) is 5.65 Å². The monoisotopic (exact) mass is 377 g/mol. The Morgan fingerprint density at radius 3 is 2.57 bits per heavy atom. The van der Waals surface area contributed by atoms with Gasteiger partial charge in [-0.2, -0.15) is 0 Å². The number of nitrogens with one attached hydrogen (secondary N) is 1. The first-order valence-corrected chi connectivity index (χ1v) is 9.86. The van der Waals surface area contributed by atoms with Crippen molar-refractivity contribution in [2.24, 2.45) is 0 Å². The van der Waals surface area contributed by atoms with Crippen LogP contribution in [0.15, 0.2) is 54.9 Å². The average Bonchev–Trinajstić information content (AvgIpc) is 3.11. The number of nitrogens with zero attached hydrogens (tertiary/aromatic N) is 4. The van der Waals surface area contributed by atoms with Crippen LogP contribution >= 0.6 is 0 Å². The number of benzene rings is 1. The lowest BCUT2D eigenvalue weighted by molar-refractivity contribution is -0.122. The standard InChI is InChI=1S/C22H27N5O/c1-18-6-2-3-7-19(18)14-23-22(28)17-26-12-10-25(11-13-26)15-20-16-27-9-5-4-8-21(27)24-20/h2-9,16H,10-15,17H2,1H3,(H,23,28). The molecule has 0 bridgehead atoms. The molecule has 28 heavy (non-hydrogen) atoms. The normalized spacial score (nSPS) is 15.8. The van der Waals surface area contributed by atoms with E-state index in [0.717, 1.165) is 44.1 Å². The van der Waals surface area contributed by atoms with Gasteiger partial charge in [0.25, 0.3) is 0 Å². The molecule has 0 radical (unpaired) electrons. The molecule has 0 unspecified atom stereocenters. The smallest absolute Gasteiger partial charge is 0.234 e. The van der Waals surface area contributed by atoms with E-state index in [-0.39, 0.29) is 5.91 Å². The highest BCUT2D eigenvalue weighted by molar-refractivity contribution is 5.78. The molecule has 1 aliphatic heterocycles. The molecule has 1 fully saturated rings. The predicted molar refractivity (Wildman–Crippen MR) is 110 cm³/mol. The number of aromatic nitrogens is 2. The highest BCUT2D eigenvalue weighted by Crippen LogP contribution is 2.10. The molecule has 3 heterocycles. The molecular weight excluding hydrogens is 350 g/mol. The summed E-state index contributed by atoms with van der Waals surface area (Å²) < 4.78 is 2.06. The van der Waals surface area contributed by atoms with Crippen LogP contribution in [0.25, 0.3) is 5.65 Å². The van der Waals surface area contributed by atoms with Gasteiger partial charge in [-0.15, -0.1) is 0 Å². The van der Waals surface area contributed by atoms with Crippen LogP contribution in [0, 0.1) is 6.92 Å². The zero-order chi connectivity index (χ0) is 19.3. The van der Waals surface area contributed by atoms with E-state index in [1.54, 1.807) is 0 Å². The Bertz CT molecular complexity index is 910. The molecule has 4 rings (SSSR count). The molecule has 1 N–H and O–H groups in total. The van der Waals surface area contributed by atoms with Crippen molar-refractivity contribution in [1.29, 1.82) is 0 Å². The highest BCUT2D eigenvalue weighted by Gasteiger charge is 2.19. The molecule has 6 heteroatoms. The van der Waals surface area contributed by atoms with Crippen LogP contribution in [-0.4, -0.2) is 57.8 Å². The number of carbonyl (C=O) groups excluding carboxylic acids is 1. The second kappa shape index (κ2) is 8.54. The SMILES string of the molecule is Cc1ccccc1CNC(=O)CN1CCN(Cc2cn3ccccc3n2)CC1. The van der Waals surface area contributed by atoms with E-state index < -0.39 is 0 Å². The number of piperazine rings is 1. The number of hydrogen-bond donors (Lipinski definition) is 1. The van der Waals surface area contributed by atoms with Crippen molar-refractivity contribution in [3.05, 3.63) is 71.7 Å². The molecule has 3 aromatic rings. The number of rotatable bonds is 6. The van der Waals surface area contributed by atoms with Crippen molar-refractivity contribution in [3.63, 3.8) is 0 Å². The van der Waals surface area contributed by atoms with Gasteiger partial charge >= 0.3 is 0 Å². The van der Waals surface area contributed by atoms with Gasteiger partial charge in [-0.3, -0.25) is 14.6 Å². The fourth-order valence-corrected chi connectivity index (χ4v) is 3.66. The maximum Gasteiger partial charge on any atom is 0.234 e. The summed E-state index contributed by atoms with van der Waals surface area (Å²) >= 11 is 0.